The molecule has 8 saturated carbocycles. The molecule has 0 amide bonds. The lowest BCUT2D eigenvalue weighted by Crippen LogP contribution is -2.70. The average Bonchev–Trinajstić information content (AvgIpc) is 3.36. The largest absolute Gasteiger partial charge is 0.496 e. The van der Waals surface area contributed by atoms with E-state index in [1.165, 1.54) is 257 Å². The van der Waals surface area contributed by atoms with E-state index in [9.17, 15) is 0 Å². The van der Waals surface area contributed by atoms with Crippen LogP contribution in [0.3, 0.4) is 0 Å². The molecule has 1 aromatic rings. The van der Waals surface area contributed by atoms with Crippen LogP contribution in [0.4, 0.5) is 0 Å². The third-order valence-electron chi connectivity index (χ3n) is 19.3. The molecule has 0 bridgehead atoms. The van der Waals surface area contributed by atoms with Crippen molar-refractivity contribution >= 4 is 29.2 Å². The van der Waals surface area contributed by atoms with Gasteiger partial charge in [0.15, 0.2) is 0 Å². The molecule has 6 heteroatoms. The third kappa shape index (κ3) is 12.0. The Labute approximate surface area is 393 Å². The summed E-state index contributed by atoms with van der Waals surface area (Å²) in [5, 5.41) is 1.56. The fraction of sp³-hybridized carbons (Fsp3) is 0.893. The van der Waals surface area contributed by atoms with Crippen molar-refractivity contribution in [1.82, 2.24) is 15.5 Å². The van der Waals surface area contributed by atoms with Crippen molar-refractivity contribution in [3.8, 4) is 0 Å². The minimum Gasteiger partial charge on any atom is -0.366 e. The Morgan fingerprint density at radius 2 is 0.532 bits per heavy atom. The average molecular weight is 879 g/mol. The summed E-state index contributed by atoms with van der Waals surface area (Å²) < 4.78 is 15.2. The highest BCUT2D eigenvalue weighted by molar-refractivity contribution is 6.60. The van der Waals surface area contributed by atoms with Gasteiger partial charge in [-0.05, 0) is 156 Å². The zero-order valence-corrected chi connectivity index (χ0v) is 42.8. The van der Waals surface area contributed by atoms with Crippen molar-refractivity contribution in [2.75, 3.05) is 0 Å². The smallest absolute Gasteiger partial charge is 0.366 e. The molecule has 1 aromatic carbocycles. The van der Waals surface area contributed by atoms with Crippen LogP contribution >= 0.6 is 0 Å². The van der Waals surface area contributed by atoms with Gasteiger partial charge in [-0.3, -0.25) is 0 Å². The van der Waals surface area contributed by atoms with Crippen molar-refractivity contribution < 1.29 is 0 Å². The van der Waals surface area contributed by atoms with E-state index in [-0.39, 0.29) is 0 Å². The third-order valence-corrected chi connectivity index (χ3v) is 28.1. The summed E-state index contributed by atoms with van der Waals surface area (Å²) in [4.78, 5) is 0. The lowest BCUT2D eigenvalue weighted by molar-refractivity contribution is 0.100. The molecule has 0 aromatic heterocycles. The van der Waals surface area contributed by atoms with E-state index in [4.69, 9.17) is 0 Å². The molecule has 8 fully saturated rings. The Kier molecular flexibility index (Phi) is 19.0. The number of benzene rings is 1. The molecule has 0 radical (unpaired) electrons. The Bertz CT molecular complexity index is 1210. The van der Waals surface area contributed by atoms with Gasteiger partial charge in [-0.2, -0.15) is 0 Å². The van der Waals surface area contributed by atoms with Gasteiger partial charge in [0, 0.05) is 0 Å². The first-order chi connectivity index (χ1) is 30.8. The highest BCUT2D eigenvalue weighted by atomic mass is 27.2. The minimum absolute atomic E-state index is 0.741. The SMILES string of the molecule is c1ccc([CH]([CH2][Al]([N](C2CCCCC2)C2CCCCC2)[N](C2CCCCC2)C2CCCCC2)[Al]([N](C2CCCCC2)C2CCCCC2)[N](C2CCCCC2)C2CCCCC2)cc1. The van der Waals surface area contributed by atoms with E-state index in [1.807, 2.05) is 5.56 Å². The zero-order valence-electron chi connectivity index (χ0n) is 40.5. The normalized spacial score (nSPS) is 26.8. The standard InChI is InChI=1S/4C12H22N.C8H8.2Al/c4*1-3-7-11(8-4-1)13-12-9-5-2-6-10-12;1-2-8-6-4-3-5-7-8;;/h4*11-12H,1-10H2;2-7H,1H2;;/q4*-1;;2*+2. The van der Waals surface area contributed by atoms with Gasteiger partial charge >= 0.3 is 29.2 Å². The maximum atomic E-state index is 3.63. The summed E-state index contributed by atoms with van der Waals surface area (Å²) in [5.74, 6) is 0. The van der Waals surface area contributed by atoms with Gasteiger partial charge in [-0.1, -0.05) is 195 Å². The van der Waals surface area contributed by atoms with Crippen molar-refractivity contribution in [3.63, 3.8) is 0 Å². The van der Waals surface area contributed by atoms with Gasteiger partial charge in [-0.15, -0.1) is 0 Å². The van der Waals surface area contributed by atoms with Crippen molar-refractivity contribution in [2.24, 2.45) is 0 Å². The summed E-state index contributed by atoms with van der Waals surface area (Å²) in [6.45, 7) is 0. The quantitative estimate of drug-likeness (QED) is 0.153. The van der Waals surface area contributed by atoms with Crippen LogP contribution in [0.15, 0.2) is 30.3 Å². The highest BCUT2D eigenvalue weighted by Gasteiger charge is 2.56. The number of nitrogens with zero attached hydrogens (tertiary/aromatic N) is 4. The molecule has 0 heterocycles. The van der Waals surface area contributed by atoms with E-state index >= 15 is 0 Å². The lowest BCUT2D eigenvalue weighted by Gasteiger charge is -2.56. The topological polar surface area (TPSA) is 13.0 Å². The molecule has 0 aliphatic heterocycles. The zero-order chi connectivity index (χ0) is 41.8. The van der Waals surface area contributed by atoms with Gasteiger partial charge in [0.2, 0.25) is 0 Å². The van der Waals surface area contributed by atoms with Crippen LogP contribution in [0.5, 0.6) is 0 Å². The van der Waals surface area contributed by atoms with E-state index in [0.29, 0.717) is 0 Å². The second-order valence-electron chi connectivity index (χ2n) is 23.3. The molecule has 0 saturated heterocycles. The van der Waals surface area contributed by atoms with E-state index in [1.54, 1.807) is 5.28 Å². The maximum absolute atomic E-state index is 3.63. The molecule has 62 heavy (non-hydrogen) atoms. The van der Waals surface area contributed by atoms with Gasteiger partial charge in [0.05, 0.1) is 0 Å². The van der Waals surface area contributed by atoms with Gasteiger partial charge in [0.1, 0.15) is 0 Å². The number of hydrogen-bond acceptors (Lipinski definition) is 4. The fourth-order valence-corrected chi connectivity index (χ4v) is 27.4. The van der Waals surface area contributed by atoms with E-state index < -0.39 is 29.2 Å². The van der Waals surface area contributed by atoms with Crippen molar-refractivity contribution in [1.29, 1.82) is 0 Å². The molecule has 1 unspecified atom stereocenters. The minimum atomic E-state index is -1.76. The molecule has 346 valence electrons. The Morgan fingerprint density at radius 1 is 0.306 bits per heavy atom. The molecule has 1 atom stereocenters. The lowest BCUT2D eigenvalue weighted by atomic mass is 9.90. The molecule has 0 N–H and O–H groups in total. The molecule has 9 rings (SSSR count). The summed E-state index contributed by atoms with van der Waals surface area (Å²) in [7, 11) is 0. The van der Waals surface area contributed by atoms with E-state index in [0.717, 1.165) is 53.1 Å². The Morgan fingerprint density at radius 3 is 0.774 bits per heavy atom. The molecule has 8 aliphatic rings. The van der Waals surface area contributed by atoms with Crippen LogP contribution in [0.1, 0.15) is 267 Å². The maximum Gasteiger partial charge on any atom is 0.496 e. The van der Waals surface area contributed by atoms with Crippen LogP contribution in [-0.4, -0.2) is 93.0 Å². The molecule has 4 nitrogen and oxygen atoms in total. The number of hydrogen-bond donors (Lipinski definition) is 0. The van der Waals surface area contributed by atoms with Crippen LogP contribution in [0.2, 0.25) is 5.28 Å². The summed E-state index contributed by atoms with van der Waals surface area (Å²) >= 11 is -3.40. The van der Waals surface area contributed by atoms with Crippen LogP contribution in [0, 0.1) is 0 Å². The van der Waals surface area contributed by atoms with Crippen LogP contribution in [0.25, 0.3) is 0 Å². The van der Waals surface area contributed by atoms with Crippen molar-refractivity contribution in [2.45, 2.75) is 315 Å². The van der Waals surface area contributed by atoms with Crippen LogP contribution in [-0.2, 0) is 0 Å². The molecular formula is C56H96Al2N4. The second-order valence-corrected chi connectivity index (χ2v) is 28.7. The monoisotopic (exact) mass is 879 g/mol. The Hall–Kier alpha value is 0.125. The fourth-order valence-electron chi connectivity index (χ4n) is 16.4. The highest BCUT2D eigenvalue weighted by Crippen LogP contribution is 2.45. The first-order valence-corrected chi connectivity index (χ1v) is 32.5. The molecular weight excluding hydrogens is 783 g/mol. The van der Waals surface area contributed by atoms with Crippen LogP contribution < -0.4 is 0 Å². The Balaban J connectivity index is 1.24. The predicted molar refractivity (Wildman–Crippen MR) is 268 cm³/mol. The molecule has 8 aliphatic carbocycles. The first-order valence-electron chi connectivity index (χ1n) is 29.0. The van der Waals surface area contributed by atoms with Gasteiger partial charge < -0.3 is 15.5 Å². The molecule has 0 spiro atoms. The first kappa shape index (κ1) is 47.2. The summed E-state index contributed by atoms with van der Waals surface area (Å²) in [6, 6.07) is 19.7. The predicted octanol–water partition coefficient (Wildman–Crippen LogP) is 15.2. The van der Waals surface area contributed by atoms with Gasteiger partial charge in [0.25, 0.3) is 0 Å². The van der Waals surface area contributed by atoms with Gasteiger partial charge in [-0.25, -0.2) is 0 Å². The summed E-state index contributed by atoms with van der Waals surface area (Å²) in [5.41, 5.74) is 1.81. The van der Waals surface area contributed by atoms with E-state index in [2.05, 4.69) is 45.9 Å². The number of rotatable bonds is 16. The van der Waals surface area contributed by atoms with Crippen molar-refractivity contribution in [3.05, 3.63) is 35.9 Å². The summed E-state index contributed by atoms with van der Waals surface area (Å²) in [6.07, 6.45) is 59.8. The second kappa shape index (κ2) is 24.9.